The van der Waals surface area contributed by atoms with E-state index < -0.39 is 11.5 Å². The van der Waals surface area contributed by atoms with Crippen LogP contribution in [0, 0.1) is 5.82 Å². The summed E-state index contributed by atoms with van der Waals surface area (Å²) >= 11 is 1.24. The van der Waals surface area contributed by atoms with Gasteiger partial charge in [-0.05, 0) is 47.9 Å². The molecule has 2 amide bonds. The van der Waals surface area contributed by atoms with Crippen LogP contribution in [-0.2, 0) is 16.0 Å². The van der Waals surface area contributed by atoms with Crippen molar-refractivity contribution in [2.45, 2.75) is 18.0 Å². The first-order valence-corrected chi connectivity index (χ1v) is 10.1. The number of methoxy groups -OCH3 is 2. The van der Waals surface area contributed by atoms with Crippen LogP contribution in [0.15, 0.2) is 47.4 Å². The van der Waals surface area contributed by atoms with E-state index in [1.807, 2.05) is 6.07 Å². The molecule has 2 fully saturated rings. The maximum absolute atomic E-state index is 13.1. The van der Waals surface area contributed by atoms with Crippen LogP contribution >= 0.6 is 11.8 Å². The minimum absolute atomic E-state index is 0.200. The lowest BCUT2D eigenvalue weighted by atomic mass is 10.0. The van der Waals surface area contributed by atoms with E-state index in [1.165, 1.54) is 28.9 Å². The number of halogens is 1. The first-order valence-electron chi connectivity index (χ1n) is 9.23. The highest BCUT2D eigenvalue weighted by atomic mass is 32.2. The Bertz CT molecular complexity index is 1010. The molecule has 7 nitrogen and oxygen atoms in total. The summed E-state index contributed by atoms with van der Waals surface area (Å²) in [6.07, 6.45) is 2.05. The molecule has 9 heteroatoms. The van der Waals surface area contributed by atoms with Gasteiger partial charge in [-0.3, -0.25) is 9.59 Å². The number of fused-ring (bicyclic) bond motifs is 1. The second kappa shape index (κ2) is 8.37. The summed E-state index contributed by atoms with van der Waals surface area (Å²) in [5.41, 5.74) is 4.07. The van der Waals surface area contributed by atoms with Crippen molar-refractivity contribution in [2.75, 3.05) is 14.2 Å². The monoisotopic (exact) mass is 429 g/mol. The zero-order valence-electron chi connectivity index (χ0n) is 16.3. The molecule has 0 aromatic heterocycles. The normalized spacial score (nSPS) is 22.1. The number of thioether (sulfide) groups is 1. The Kier molecular flexibility index (Phi) is 5.65. The van der Waals surface area contributed by atoms with Crippen LogP contribution in [0.1, 0.15) is 11.1 Å². The van der Waals surface area contributed by atoms with Gasteiger partial charge in [-0.2, -0.15) is 0 Å². The van der Waals surface area contributed by atoms with Crippen molar-refractivity contribution in [2.24, 2.45) is 0 Å². The third-order valence-corrected chi connectivity index (χ3v) is 5.93. The van der Waals surface area contributed by atoms with E-state index in [4.69, 9.17) is 9.47 Å². The van der Waals surface area contributed by atoms with Crippen molar-refractivity contribution in [1.29, 1.82) is 0 Å². The van der Waals surface area contributed by atoms with Gasteiger partial charge in [0.15, 0.2) is 17.0 Å². The number of benzene rings is 2. The van der Waals surface area contributed by atoms with Crippen molar-refractivity contribution in [1.82, 2.24) is 15.8 Å². The van der Waals surface area contributed by atoms with Gasteiger partial charge in [0.2, 0.25) is 5.91 Å². The average molecular weight is 429 g/mol. The van der Waals surface area contributed by atoms with E-state index in [2.05, 4.69) is 10.7 Å². The zero-order valence-corrected chi connectivity index (χ0v) is 17.2. The van der Waals surface area contributed by atoms with Gasteiger partial charge in [0.25, 0.3) is 5.91 Å². The molecule has 30 heavy (non-hydrogen) atoms. The maximum Gasteiger partial charge on any atom is 0.277 e. The lowest BCUT2D eigenvalue weighted by Crippen LogP contribution is -2.65. The quantitative estimate of drug-likeness (QED) is 0.710. The predicted molar refractivity (Wildman–Crippen MR) is 111 cm³/mol. The molecule has 0 bridgehead atoms. The molecule has 2 aliphatic rings. The topological polar surface area (TPSA) is 79.9 Å². The Morgan fingerprint density at radius 2 is 1.83 bits per heavy atom. The van der Waals surface area contributed by atoms with E-state index in [0.717, 1.165) is 5.56 Å². The Labute approximate surface area is 177 Å². The van der Waals surface area contributed by atoms with Gasteiger partial charge in [-0.1, -0.05) is 30.0 Å². The van der Waals surface area contributed by atoms with Crippen molar-refractivity contribution in [3.05, 3.63) is 64.3 Å². The largest absolute Gasteiger partial charge is 0.493 e. The average Bonchev–Trinajstić information content (AvgIpc) is 3.04. The van der Waals surface area contributed by atoms with Crippen LogP contribution in [0.4, 0.5) is 4.39 Å². The molecule has 0 spiro atoms. The van der Waals surface area contributed by atoms with Crippen molar-refractivity contribution >= 4 is 29.7 Å². The number of hydrogen-bond donors (Lipinski definition) is 2. The van der Waals surface area contributed by atoms with E-state index in [1.54, 1.807) is 44.6 Å². The van der Waals surface area contributed by atoms with Crippen molar-refractivity contribution < 1.29 is 23.5 Å². The Morgan fingerprint density at radius 3 is 2.53 bits per heavy atom. The number of carbonyl (C=O) groups excluding carboxylic acids is 2. The first kappa shape index (κ1) is 20.2. The Morgan fingerprint density at radius 1 is 1.10 bits per heavy atom. The summed E-state index contributed by atoms with van der Waals surface area (Å²) in [4.78, 5) is 25.9. The van der Waals surface area contributed by atoms with Crippen LogP contribution in [0.5, 0.6) is 11.5 Å². The zero-order chi connectivity index (χ0) is 21.3. The number of nitrogens with zero attached hydrogens (tertiary/aromatic N) is 1. The number of hydrazine groups is 1. The number of carbonyl (C=O) groups is 2. The molecular formula is C21H20FN3O4S. The van der Waals surface area contributed by atoms with Gasteiger partial charge in [0.05, 0.1) is 19.1 Å². The maximum atomic E-state index is 13.1. The number of ether oxygens (including phenoxy) is 2. The Balaban J connectivity index is 1.49. The summed E-state index contributed by atoms with van der Waals surface area (Å²) in [6, 6.07) is 10.7. The molecule has 0 aliphatic carbocycles. The fourth-order valence-corrected chi connectivity index (χ4v) is 4.39. The van der Waals surface area contributed by atoms with Gasteiger partial charge < -0.3 is 14.8 Å². The SMILES string of the molecule is COc1ccc(CC2NN3C(=O)/C(=C/c4ccc(F)cc4)SC3NC2=O)cc1OC. The molecular weight excluding hydrogens is 409 g/mol. The standard InChI is InChI=1S/C21H20FN3O4S/c1-28-16-8-5-13(10-17(16)29-2)9-15-19(26)23-21-25(24-15)20(27)18(30-21)11-12-3-6-14(22)7-4-12/h3-8,10-11,15,21,24H,9H2,1-2H3,(H,23,26)/b18-11-. The fourth-order valence-electron chi connectivity index (χ4n) is 3.31. The van der Waals surface area contributed by atoms with E-state index >= 15 is 0 Å². The van der Waals surface area contributed by atoms with Gasteiger partial charge in [-0.25, -0.2) is 14.8 Å². The molecule has 2 N–H and O–H groups in total. The van der Waals surface area contributed by atoms with E-state index in [9.17, 15) is 14.0 Å². The van der Waals surface area contributed by atoms with Crippen LogP contribution < -0.4 is 20.2 Å². The molecule has 2 aliphatic heterocycles. The molecule has 4 rings (SSSR count). The number of hydrogen-bond acceptors (Lipinski definition) is 6. The summed E-state index contributed by atoms with van der Waals surface area (Å²) in [7, 11) is 3.11. The molecule has 2 aromatic carbocycles. The van der Waals surface area contributed by atoms with Crippen molar-refractivity contribution in [3.63, 3.8) is 0 Å². The summed E-state index contributed by atoms with van der Waals surface area (Å²) in [5.74, 6) is 0.387. The second-order valence-corrected chi connectivity index (χ2v) is 7.91. The predicted octanol–water partition coefficient (Wildman–Crippen LogP) is 2.29. The summed E-state index contributed by atoms with van der Waals surface area (Å²) < 4.78 is 23.7. The lowest BCUT2D eigenvalue weighted by molar-refractivity contribution is -0.139. The lowest BCUT2D eigenvalue weighted by Gasteiger charge is -2.35. The van der Waals surface area contributed by atoms with Gasteiger partial charge in [0, 0.05) is 0 Å². The van der Waals surface area contributed by atoms with Crippen LogP contribution in [0.25, 0.3) is 6.08 Å². The highest BCUT2D eigenvalue weighted by Gasteiger charge is 2.43. The molecule has 2 aromatic rings. The van der Waals surface area contributed by atoms with E-state index in [0.29, 0.717) is 28.4 Å². The van der Waals surface area contributed by atoms with Gasteiger partial charge >= 0.3 is 0 Å². The van der Waals surface area contributed by atoms with E-state index in [-0.39, 0.29) is 17.6 Å². The highest BCUT2D eigenvalue weighted by molar-refractivity contribution is 8.05. The van der Waals surface area contributed by atoms with Crippen LogP contribution in [0.3, 0.4) is 0 Å². The molecule has 2 unspecified atom stereocenters. The number of amides is 2. The number of nitrogens with one attached hydrogen (secondary N) is 2. The third-order valence-electron chi connectivity index (χ3n) is 4.84. The fraction of sp³-hybridized carbons (Fsp3) is 0.238. The minimum atomic E-state index is -0.617. The molecule has 0 saturated carbocycles. The molecule has 2 heterocycles. The summed E-state index contributed by atoms with van der Waals surface area (Å²) in [5, 5.41) is 4.29. The third kappa shape index (κ3) is 3.99. The molecule has 2 saturated heterocycles. The van der Waals surface area contributed by atoms with Crippen molar-refractivity contribution in [3.8, 4) is 11.5 Å². The van der Waals surface area contributed by atoms with Crippen LogP contribution in [0.2, 0.25) is 0 Å². The molecule has 0 radical (unpaired) electrons. The Hall–Kier alpha value is -3.04. The summed E-state index contributed by atoms with van der Waals surface area (Å²) in [6.45, 7) is 0. The highest BCUT2D eigenvalue weighted by Crippen LogP contribution is 2.35. The molecule has 156 valence electrons. The number of rotatable bonds is 5. The second-order valence-electron chi connectivity index (χ2n) is 6.79. The van der Waals surface area contributed by atoms with Crippen LogP contribution in [-0.4, -0.2) is 42.6 Å². The van der Waals surface area contributed by atoms with Gasteiger partial charge in [0.1, 0.15) is 11.9 Å². The van der Waals surface area contributed by atoms with Gasteiger partial charge in [-0.15, -0.1) is 0 Å². The smallest absolute Gasteiger partial charge is 0.277 e. The minimum Gasteiger partial charge on any atom is -0.493 e. The first-order chi connectivity index (χ1) is 14.5. The molecule has 2 atom stereocenters.